The summed E-state index contributed by atoms with van der Waals surface area (Å²) in [5.41, 5.74) is 5.98. The zero-order chi connectivity index (χ0) is 10.1. The molecule has 0 spiro atoms. The summed E-state index contributed by atoms with van der Waals surface area (Å²) < 4.78 is 16.9. The highest BCUT2D eigenvalue weighted by atomic mass is 35.5. The van der Waals surface area contributed by atoms with Gasteiger partial charge in [-0.15, -0.1) is 0 Å². The van der Waals surface area contributed by atoms with Crippen molar-refractivity contribution < 1.29 is 4.39 Å². The van der Waals surface area contributed by atoms with Gasteiger partial charge in [-0.05, 0) is 23.7 Å². The molecule has 6 heteroatoms. The van der Waals surface area contributed by atoms with Crippen molar-refractivity contribution in [2.45, 2.75) is 0 Å². The summed E-state index contributed by atoms with van der Waals surface area (Å²) in [7, 11) is 0. The summed E-state index contributed by atoms with van der Waals surface area (Å²) in [6.45, 7) is 0. The van der Waals surface area contributed by atoms with Crippen LogP contribution in [-0.4, -0.2) is 9.36 Å². The van der Waals surface area contributed by atoms with E-state index in [-0.39, 0.29) is 11.0 Å². The number of hydrogen-bond acceptors (Lipinski definition) is 4. The molecule has 1 aromatic heterocycles. The number of anilines is 1. The Morgan fingerprint density at radius 1 is 1.43 bits per heavy atom. The number of nitrogen functional groups attached to an aromatic ring is 1. The summed E-state index contributed by atoms with van der Waals surface area (Å²) in [5.74, 6) is -0.279. The minimum atomic E-state index is -0.474. The van der Waals surface area contributed by atoms with Crippen LogP contribution >= 0.6 is 23.1 Å². The molecule has 0 amide bonds. The Morgan fingerprint density at radius 2 is 2.21 bits per heavy atom. The van der Waals surface area contributed by atoms with E-state index in [2.05, 4.69) is 9.36 Å². The van der Waals surface area contributed by atoms with Gasteiger partial charge in [-0.1, -0.05) is 17.7 Å². The lowest BCUT2D eigenvalue weighted by Crippen LogP contribution is -1.86. The van der Waals surface area contributed by atoms with Gasteiger partial charge in [0.25, 0.3) is 0 Å². The van der Waals surface area contributed by atoms with Crippen molar-refractivity contribution in [3.8, 4) is 10.6 Å². The smallest absolute Gasteiger partial charge is 0.232 e. The number of hydrogen-bond donors (Lipinski definition) is 1. The van der Waals surface area contributed by atoms with Crippen LogP contribution in [0.4, 0.5) is 10.3 Å². The standard InChI is InChI=1S/C8H5ClFN3S/c9-5-2-1-4(3-6(5)10)7-12-8(11)13-14-7/h1-3H,(H2,11,13). The molecule has 2 rings (SSSR count). The minimum Gasteiger partial charge on any atom is -0.367 e. The van der Waals surface area contributed by atoms with E-state index in [0.29, 0.717) is 10.6 Å². The lowest BCUT2D eigenvalue weighted by molar-refractivity contribution is 0.629. The second-order valence-corrected chi connectivity index (χ2v) is 3.75. The predicted molar refractivity (Wildman–Crippen MR) is 54.7 cm³/mol. The highest BCUT2D eigenvalue weighted by molar-refractivity contribution is 7.09. The number of benzene rings is 1. The largest absolute Gasteiger partial charge is 0.367 e. The Balaban J connectivity index is 2.47. The van der Waals surface area contributed by atoms with Crippen LogP contribution in [-0.2, 0) is 0 Å². The third-order valence-electron chi connectivity index (χ3n) is 1.61. The van der Waals surface area contributed by atoms with Gasteiger partial charge in [0.05, 0.1) is 5.02 Å². The maximum Gasteiger partial charge on any atom is 0.232 e. The molecule has 0 aliphatic carbocycles. The number of rotatable bonds is 1. The summed E-state index contributed by atoms with van der Waals surface area (Å²) in [6, 6.07) is 4.46. The molecule has 0 fully saturated rings. The average Bonchev–Trinajstić information content (AvgIpc) is 2.57. The van der Waals surface area contributed by atoms with Crippen LogP contribution in [0.2, 0.25) is 5.02 Å². The maximum absolute atomic E-state index is 13.1. The fourth-order valence-corrected chi connectivity index (χ4v) is 1.69. The van der Waals surface area contributed by atoms with Gasteiger partial charge in [0, 0.05) is 5.56 Å². The highest BCUT2D eigenvalue weighted by Gasteiger charge is 2.07. The molecule has 72 valence electrons. The second kappa shape index (κ2) is 3.51. The minimum absolute atomic E-state index is 0.0891. The Hall–Kier alpha value is -1.20. The molecule has 1 aromatic carbocycles. The molecule has 0 saturated carbocycles. The summed E-state index contributed by atoms with van der Waals surface area (Å²) in [6.07, 6.45) is 0. The van der Waals surface area contributed by atoms with Crippen LogP contribution in [0.25, 0.3) is 10.6 Å². The Labute approximate surface area is 88.5 Å². The fourth-order valence-electron chi connectivity index (χ4n) is 0.981. The van der Waals surface area contributed by atoms with Crippen LogP contribution < -0.4 is 5.73 Å². The molecule has 2 aromatic rings. The summed E-state index contributed by atoms with van der Waals surface area (Å²) in [5, 5.41) is 0.671. The number of nitrogens with two attached hydrogens (primary N) is 1. The molecular weight excluding hydrogens is 225 g/mol. The predicted octanol–water partition coefficient (Wildman–Crippen LogP) is 2.58. The van der Waals surface area contributed by atoms with E-state index in [4.69, 9.17) is 17.3 Å². The molecular formula is C8H5ClFN3S. The number of halogens is 2. The first-order valence-electron chi connectivity index (χ1n) is 3.71. The molecule has 2 N–H and O–H groups in total. The van der Waals surface area contributed by atoms with Gasteiger partial charge < -0.3 is 5.73 Å². The summed E-state index contributed by atoms with van der Waals surface area (Å²) >= 11 is 6.66. The topological polar surface area (TPSA) is 51.8 Å². The van der Waals surface area contributed by atoms with Crippen molar-refractivity contribution in [3.63, 3.8) is 0 Å². The SMILES string of the molecule is Nc1nsc(-c2ccc(Cl)c(F)c2)n1. The van der Waals surface area contributed by atoms with Crippen molar-refractivity contribution in [2.75, 3.05) is 5.73 Å². The van der Waals surface area contributed by atoms with Gasteiger partial charge in [0.1, 0.15) is 10.8 Å². The number of aromatic nitrogens is 2. The first-order valence-corrected chi connectivity index (χ1v) is 4.86. The number of nitrogens with zero attached hydrogens (tertiary/aromatic N) is 2. The van der Waals surface area contributed by atoms with E-state index < -0.39 is 5.82 Å². The lowest BCUT2D eigenvalue weighted by atomic mass is 10.2. The normalized spacial score (nSPS) is 10.4. The summed E-state index contributed by atoms with van der Waals surface area (Å²) in [4.78, 5) is 3.93. The van der Waals surface area contributed by atoms with Gasteiger partial charge in [-0.3, -0.25) is 0 Å². The van der Waals surface area contributed by atoms with Gasteiger partial charge in [-0.25, -0.2) is 4.39 Å². The molecule has 0 bridgehead atoms. The molecule has 0 unspecified atom stereocenters. The molecule has 1 heterocycles. The Kier molecular flexibility index (Phi) is 2.35. The Morgan fingerprint density at radius 3 is 2.79 bits per heavy atom. The molecule has 0 aliphatic heterocycles. The monoisotopic (exact) mass is 229 g/mol. The van der Waals surface area contributed by atoms with E-state index >= 15 is 0 Å². The van der Waals surface area contributed by atoms with E-state index in [0.717, 1.165) is 11.5 Å². The maximum atomic E-state index is 13.1. The Bertz CT molecular complexity index is 471. The zero-order valence-corrected chi connectivity index (χ0v) is 8.44. The van der Waals surface area contributed by atoms with Gasteiger partial charge in [0.15, 0.2) is 0 Å². The quantitative estimate of drug-likeness (QED) is 0.818. The van der Waals surface area contributed by atoms with E-state index in [1.165, 1.54) is 12.1 Å². The van der Waals surface area contributed by atoms with Crippen LogP contribution in [0.1, 0.15) is 0 Å². The second-order valence-electron chi connectivity index (χ2n) is 2.59. The van der Waals surface area contributed by atoms with Gasteiger partial charge in [-0.2, -0.15) is 9.36 Å². The van der Waals surface area contributed by atoms with Crippen LogP contribution in [0.15, 0.2) is 18.2 Å². The van der Waals surface area contributed by atoms with Crippen molar-refractivity contribution in [3.05, 3.63) is 29.0 Å². The third-order valence-corrected chi connectivity index (χ3v) is 2.69. The lowest BCUT2D eigenvalue weighted by Gasteiger charge is -1.96. The van der Waals surface area contributed by atoms with Crippen LogP contribution in [0.3, 0.4) is 0 Å². The van der Waals surface area contributed by atoms with Crippen molar-refractivity contribution in [2.24, 2.45) is 0 Å². The first kappa shape index (κ1) is 9.36. The van der Waals surface area contributed by atoms with E-state index in [1.807, 2.05) is 0 Å². The van der Waals surface area contributed by atoms with Gasteiger partial charge >= 0.3 is 0 Å². The van der Waals surface area contributed by atoms with E-state index in [1.54, 1.807) is 6.07 Å². The molecule has 0 saturated heterocycles. The molecule has 14 heavy (non-hydrogen) atoms. The molecule has 0 atom stereocenters. The van der Waals surface area contributed by atoms with Crippen molar-refractivity contribution in [1.29, 1.82) is 0 Å². The van der Waals surface area contributed by atoms with Crippen molar-refractivity contribution >= 4 is 29.1 Å². The fraction of sp³-hybridized carbons (Fsp3) is 0. The molecule has 3 nitrogen and oxygen atoms in total. The zero-order valence-electron chi connectivity index (χ0n) is 6.87. The highest BCUT2D eigenvalue weighted by Crippen LogP contribution is 2.25. The van der Waals surface area contributed by atoms with Crippen LogP contribution in [0.5, 0.6) is 0 Å². The van der Waals surface area contributed by atoms with Gasteiger partial charge in [0.2, 0.25) is 5.95 Å². The van der Waals surface area contributed by atoms with E-state index in [9.17, 15) is 4.39 Å². The third kappa shape index (κ3) is 1.69. The van der Waals surface area contributed by atoms with Crippen LogP contribution in [0, 0.1) is 5.82 Å². The average molecular weight is 230 g/mol. The molecule has 0 radical (unpaired) electrons. The molecule has 0 aliphatic rings. The van der Waals surface area contributed by atoms with Crippen molar-refractivity contribution in [1.82, 2.24) is 9.36 Å². The first-order chi connectivity index (χ1) is 6.66.